The van der Waals surface area contributed by atoms with Crippen LogP contribution in [0.1, 0.15) is 24.8 Å². The molecule has 0 saturated heterocycles. The van der Waals surface area contributed by atoms with E-state index in [4.69, 9.17) is 9.47 Å². The van der Waals surface area contributed by atoms with Crippen molar-refractivity contribution in [2.24, 2.45) is 0 Å². The van der Waals surface area contributed by atoms with Gasteiger partial charge in [0.15, 0.2) is 5.75 Å². The van der Waals surface area contributed by atoms with E-state index in [0.29, 0.717) is 19.0 Å². The Morgan fingerprint density at radius 2 is 2.05 bits per heavy atom. The number of rotatable bonds is 3. The summed E-state index contributed by atoms with van der Waals surface area (Å²) in [5.41, 5.74) is 0.352. The normalized spacial score (nSPS) is 19.6. The Morgan fingerprint density at radius 1 is 1.32 bits per heavy atom. The minimum Gasteiger partial charge on any atom is -0.486 e. The molecule has 19 heavy (non-hydrogen) atoms. The predicted octanol–water partition coefficient (Wildman–Crippen LogP) is 1.78. The van der Waals surface area contributed by atoms with Crippen molar-refractivity contribution >= 4 is 5.69 Å². The predicted molar refractivity (Wildman–Crippen MR) is 66.7 cm³/mol. The molecule has 6 nitrogen and oxygen atoms in total. The number of hydrogen-bond acceptors (Lipinski definition) is 5. The lowest BCUT2D eigenvalue weighted by Crippen LogP contribution is -2.38. The molecule has 0 spiro atoms. The third-order valence-corrected chi connectivity index (χ3v) is 4.04. The molecule has 0 atom stereocenters. The van der Waals surface area contributed by atoms with Gasteiger partial charge in [0.25, 0.3) is 0 Å². The van der Waals surface area contributed by atoms with Gasteiger partial charge in [0.1, 0.15) is 13.2 Å². The first-order valence-electron chi connectivity index (χ1n) is 6.36. The molecule has 1 saturated carbocycles. The Kier molecular flexibility index (Phi) is 2.82. The van der Waals surface area contributed by atoms with Crippen LogP contribution in [-0.4, -0.2) is 29.9 Å². The molecule has 0 bridgehead atoms. The molecule has 3 rings (SSSR count). The summed E-state index contributed by atoms with van der Waals surface area (Å²) in [7, 11) is 0. The Balaban J connectivity index is 2.11. The van der Waals surface area contributed by atoms with E-state index < -0.39 is 4.92 Å². The Labute approximate surface area is 110 Å². The van der Waals surface area contributed by atoms with E-state index >= 15 is 0 Å². The average molecular weight is 265 g/mol. The van der Waals surface area contributed by atoms with Gasteiger partial charge in [-0.05, 0) is 24.5 Å². The molecule has 1 heterocycles. The SMILES string of the molecule is O=[N+]([O-])c1cc(C2(CO)CCC2)cc2c1OCCO2. The van der Waals surface area contributed by atoms with Crippen LogP contribution in [0.15, 0.2) is 12.1 Å². The van der Waals surface area contributed by atoms with Gasteiger partial charge in [-0.25, -0.2) is 0 Å². The second kappa shape index (κ2) is 4.38. The van der Waals surface area contributed by atoms with E-state index in [2.05, 4.69) is 0 Å². The minimum absolute atomic E-state index is 0.00377. The molecular formula is C13H15NO5. The molecule has 0 aromatic heterocycles. The van der Waals surface area contributed by atoms with Crippen molar-refractivity contribution in [3.8, 4) is 11.5 Å². The van der Waals surface area contributed by atoms with E-state index in [-0.39, 0.29) is 23.5 Å². The first-order valence-corrected chi connectivity index (χ1v) is 6.36. The average Bonchev–Trinajstić information content (AvgIpc) is 2.37. The zero-order chi connectivity index (χ0) is 13.5. The molecule has 6 heteroatoms. The number of nitro groups is 1. The van der Waals surface area contributed by atoms with Crippen LogP contribution >= 0.6 is 0 Å². The van der Waals surface area contributed by atoms with Crippen molar-refractivity contribution in [2.45, 2.75) is 24.7 Å². The summed E-state index contributed by atoms with van der Waals surface area (Å²) >= 11 is 0. The third-order valence-electron chi connectivity index (χ3n) is 4.04. The first-order chi connectivity index (χ1) is 9.16. The number of benzene rings is 1. The third kappa shape index (κ3) is 1.83. The number of aliphatic hydroxyl groups excluding tert-OH is 1. The molecule has 2 aliphatic rings. The molecule has 0 radical (unpaired) electrons. The van der Waals surface area contributed by atoms with Crippen molar-refractivity contribution in [1.29, 1.82) is 0 Å². The van der Waals surface area contributed by atoms with Crippen molar-refractivity contribution in [1.82, 2.24) is 0 Å². The lowest BCUT2D eigenvalue weighted by Gasteiger charge is -2.41. The largest absolute Gasteiger partial charge is 0.486 e. The van der Waals surface area contributed by atoms with Gasteiger partial charge in [0.2, 0.25) is 5.75 Å². The van der Waals surface area contributed by atoms with Gasteiger partial charge in [-0.2, -0.15) is 0 Å². The first kappa shape index (κ1) is 12.2. The maximum Gasteiger partial charge on any atom is 0.315 e. The number of fused-ring (bicyclic) bond motifs is 1. The van der Waals surface area contributed by atoms with Crippen LogP contribution in [0.25, 0.3) is 0 Å². The van der Waals surface area contributed by atoms with Gasteiger partial charge in [0, 0.05) is 11.5 Å². The summed E-state index contributed by atoms with van der Waals surface area (Å²) in [5.74, 6) is 0.614. The summed E-state index contributed by atoms with van der Waals surface area (Å²) in [6, 6.07) is 3.29. The van der Waals surface area contributed by atoms with Gasteiger partial charge in [-0.15, -0.1) is 0 Å². The summed E-state index contributed by atoms with van der Waals surface area (Å²) in [4.78, 5) is 10.7. The molecule has 1 aromatic rings. The fourth-order valence-corrected chi connectivity index (χ4v) is 2.72. The molecule has 1 aliphatic heterocycles. The van der Waals surface area contributed by atoms with E-state index in [1.54, 1.807) is 6.07 Å². The van der Waals surface area contributed by atoms with Crippen LogP contribution in [0.4, 0.5) is 5.69 Å². The van der Waals surface area contributed by atoms with Gasteiger partial charge in [-0.1, -0.05) is 6.42 Å². The van der Waals surface area contributed by atoms with Gasteiger partial charge in [-0.3, -0.25) is 10.1 Å². The van der Waals surface area contributed by atoms with Crippen molar-refractivity contribution in [3.63, 3.8) is 0 Å². The Hall–Kier alpha value is -1.82. The number of hydrogen-bond donors (Lipinski definition) is 1. The van der Waals surface area contributed by atoms with Crippen LogP contribution in [0, 0.1) is 10.1 Å². The van der Waals surface area contributed by atoms with E-state index in [9.17, 15) is 15.2 Å². The second-order valence-corrected chi connectivity index (χ2v) is 5.07. The zero-order valence-electron chi connectivity index (χ0n) is 10.4. The molecule has 1 fully saturated rings. The molecule has 1 aromatic carbocycles. The zero-order valence-corrected chi connectivity index (χ0v) is 10.4. The van der Waals surface area contributed by atoms with Crippen LogP contribution in [-0.2, 0) is 5.41 Å². The standard InChI is InChI=1S/C13H15NO5/c15-8-13(2-1-3-13)9-6-10(14(16)17)12-11(7-9)18-4-5-19-12/h6-7,15H,1-5,8H2. The van der Waals surface area contributed by atoms with Crippen LogP contribution in [0.5, 0.6) is 11.5 Å². The summed E-state index contributed by atoms with van der Waals surface area (Å²) < 4.78 is 10.8. The smallest absolute Gasteiger partial charge is 0.315 e. The van der Waals surface area contributed by atoms with Crippen molar-refractivity contribution in [3.05, 3.63) is 27.8 Å². The fourth-order valence-electron chi connectivity index (χ4n) is 2.72. The molecule has 1 N–H and O–H groups in total. The highest BCUT2D eigenvalue weighted by atomic mass is 16.6. The van der Waals surface area contributed by atoms with Crippen LogP contribution in [0.2, 0.25) is 0 Å². The van der Waals surface area contributed by atoms with E-state index in [1.165, 1.54) is 6.07 Å². The highest BCUT2D eigenvalue weighted by Crippen LogP contribution is 2.49. The lowest BCUT2D eigenvalue weighted by molar-refractivity contribution is -0.386. The monoisotopic (exact) mass is 265 g/mol. The lowest BCUT2D eigenvalue weighted by atomic mass is 9.65. The summed E-state index contributed by atoms with van der Waals surface area (Å²) in [6.45, 7) is 0.710. The molecule has 102 valence electrons. The number of nitrogens with zero attached hydrogens (tertiary/aromatic N) is 1. The number of aliphatic hydroxyl groups is 1. The van der Waals surface area contributed by atoms with Gasteiger partial charge in [0.05, 0.1) is 11.5 Å². The molecule has 0 unspecified atom stereocenters. The summed E-state index contributed by atoms with van der Waals surface area (Å²) in [6.07, 6.45) is 2.73. The highest BCUT2D eigenvalue weighted by molar-refractivity contribution is 5.60. The fraction of sp³-hybridized carbons (Fsp3) is 0.538. The Morgan fingerprint density at radius 3 is 2.63 bits per heavy atom. The second-order valence-electron chi connectivity index (χ2n) is 5.07. The van der Waals surface area contributed by atoms with Gasteiger partial charge < -0.3 is 14.6 Å². The maximum atomic E-state index is 11.2. The maximum absolute atomic E-state index is 11.2. The topological polar surface area (TPSA) is 81.8 Å². The highest BCUT2D eigenvalue weighted by Gasteiger charge is 2.40. The quantitative estimate of drug-likeness (QED) is 0.665. The number of nitro benzene ring substituents is 1. The van der Waals surface area contributed by atoms with Crippen LogP contribution in [0.3, 0.4) is 0 Å². The van der Waals surface area contributed by atoms with Crippen molar-refractivity contribution in [2.75, 3.05) is 19.8 Å². The summed E-state index contributed by atoms with van der Waals surface area (Å²) in [5, 5.41) is 20.7. The van der Waals surface area contributed by atoms with E-state index in [0.717, 1.165) is 24.8 Å². The van der Waals surface area contributed by atoms with Crippen molar-refractivity contribution < 1.29 is 19.5 Å². The molecular weight excluding hydrogens is 250 g/mol. The Bertz CT molecular complexity index is 519. The minimum atomic E-state index is -0.458. The molecule has 1 aliphatic carbocycles. The van der Waals surface area contributed by atoms with Gasteiger partial charge >= 0.3 is 5.69 Å². The van der Waals surface area contributed by atoms with Crippen LogP contribution < -0.4 is 9.47 Å². The molecule has 0 amide bonds. The van der Waals surface area contributed by atoms with E-state index in [1.807, 2.05) is 0 Å². The number of ether oxygens (including phenoxy) is 2.